The second kappa shape index (κ2) is 4.61. The minimum Gasteiger partial charge on any atom is -0.369 e. The van der Waals surface area contributed by atoms with E-state index in [4.69, 9.17) is 0 Å². The van der Waals surface area contributed by atoms with Crippen molar-refractivity contribution in [2.24, 2.45) is 16.7 Å². The molecule has 0 spiro atoms. The van der Waals surface area contributed by atoms with Gasteiger partial charge in [0.1, 0.15) is 5.82 Å². The monoisotopic (exact) mass is 287 g/mol. The number of nitrogens with one attached hydrogen (secondary N) is 2. The number of hydrogen-bond donors (Lipinski definition) is 2. The summed E-state index contributed by atoms with van der Waals surface area (Å²) in [5, 5.41) is 6.78. The van der Waals surface area contributed by atoms with Crippen LogP contribution in [0.4, 0.5) is 11.6 Å². The van der Waals surface area contributed by atoms with Crippen LogP contribution < -0.4 is 10.6 Å². The average molecular weight is 287 g/mol. The normalized spacial score (nSPS) is 19.7. The van der Waals surface area contributed by atoms with E-state index in [0.717, 1.165) is 30.4 Å². The van der Waals surface area contributed by atoms with Gasteiger partial charge in [0, 0.05) is 25.5 Å². The molecule has 1 fully saturated rings. The van der Waals surface area contributed by atoms with Crippen LogP contribution in [-0.4, -0.2) is 27.5 Å². The molecule has 1 aliphatic carbocycles. The molecule has 21 heavy (non-hydrogen) atoms. The summed E-state index contributed by atoms with van der Waals surface area (Å²) in [7, 11) is 0. The molecule has 3 rings (SSSR count). The van der Waals surface area contributed by atoms with Gasteiger partial charge in [0.2, 0.25) is 0 Å². The predicted octanol–water partition coefficient (Wildman–Crippen LogP) is 3.26. The van der Waals surface area contributed by atoms with Crippen LogP contribution in [0.1, 0.15) is 34.6 Å². The Bertz CT molecular complexity index is 642. The lowest BCUT2D eigenvalue weighted by Gasteiger charge is -2.11. The number of aromatic nitrogens is 3. The third-order valence-electron chi connectivity index (χ3n) is 5.53. The van der Waals surface area contributed by atoms with Gasteiger partial charge in [0.15, 0.2) is 11.5 Å². The van der Waals surface area contributed by atoms with Crippen molar-refractivity contribution in [3.05, 3.63) is 18.6 Å². The van der Waals surface area contributed by atoms with Gasteiger partial charge < -0.3 is 15.0 Å². The first-order valence-corrected chi connectivity index (χ1v) is 7.69. The first-order chi connectivity index (χ1) is 9.88. The summed E-state index contributed by atoms with van der Waals surface area (Å²) < 4.78 is 2.01. The Morgan fingerprint density at radius 2 is 1.90 bits per heavy atom. The second-order valence-corrected chi connectivity index (χ2v) is 7.04. The molecular formula is C16H25N5. The zero-order valence-electron chi connectivity index (χ0n) is 13.6. The zero-order valence-corrected chi connectivity index (χ0v) is 13.6. The van der Waals surface area contributed by atoms with E-state index in [1.165, 1.54) is 0 Å². The summed E-state index contributed by atoms with van der Waals surface area (Å²) >= 11 is 0. The first-order valence-electron chi connectivity index (χ1n) is 7.69. The number of anilines is 2. The molecule has 2 aromatic heterocycles. The van der Waals surface area contributed by atoms with E-state index in [9.17, 15) is 0 Å². The molecule has 1 aliphatic rings. The lowest BCUT2D eigenvalue weighted by molar-refractivity contribution is 0.457. The van der Waals surface area contributed by atoms with E-state index < -0.39 is 0 Å². The van der Waals surface area contributed by atoms with Crippen LogP contribution in [0.25, 0.3) is 5.65 Å². The maximum atomic E-state index is 4.65. The van der Waals surface area contributed by atoms with Crippen LogP contribution in [0.2, 0.25) is 0 Å². The van der Waals surface area contributed by atoms with Crippen LogP contribution >= 0.6 is 0 Å². The molecule has 2 N–H and O–H groups in total. The van der Waals surface area contributed by atoms with Gasteiger partial charge in [-0.25, -0.2) is 9.97 Å². The summed E-state index contributed by atoms with van der Waals surface area (Å²) in [6.45, 7) is 13.2. The number of fused-ring (bicyclic) bond motifs is 1. The fourth-order valence-corrected chi connectivity index (χ4v) is 3.36. The molecule has 0 saturated heterocycles. The maximum absolute atomic E-state index is 4.65. The van der Waals surface area contributed by atoms with Crippen molar-refractivity contribution >= 4 is 17.3 Å². The van der Waals surface area contributed by atoms with Gasteiger partial charge in [-0.1, -0.05) is 27.7 Å². The highest BCUT2D eigenvalue weighted by Crippen LogP contribution is 2.68. The Labute approximate surface area is 126 Å². The van der Waals surface area contributed by atoms with Crippen LogP contribution in [0.3, 0.4) is 0 Å². The summed E-state index contributed by atoms with van der Waals surface area (Å²) in [6.07, 6.45) is 5.74. The summed E-state index contributed by atoms with van der Waals surface area (Å²) in [6, 6.07) is 0. The minimum atomic E-state index is 0.380. The number of imidazole rings is 1. The third-order valence-corrected chi connectivity index (χ3v) is 5.53. The minimum absolute atomic E-state index is 0.380. The van der Waals surface area contributed by atoms with Crippen molar-refractivity contribution in [1.82, 2.24) is 14.4 Å². The van der Waals surface area contributed by atoms with E-state index in [1.54, 1.807) is 0 Å². The Kier molecular flexibility index (Phi) is 3.11. The van der Waals surface area contributed by atoms with E-state index >= 15 is 0 Å². The Morgan fingerprint density at radius 1 is 1.19 bits per heavy atom. The molecule has 2 heterocycles. The van der Waals surface area contributed by atoms with Crippen molar-refractivity contribution < 1.29 is 0 Å². The Hall–Kier alpha value is -1.78. The average Bonchev–Trinajstić information content (AvgIpc) is 2.77. The molecule has 0 radical (unpaired) electrons. The summed E-state index contributed by atoms with van der Waals surface area (Å²) in [5.41, 5.74) is 1.64. The quantitative estimate of drug-likeness (QED) is 0.886. The van der Waals surface area contributed by atoms with Gasteiger partial charge in [-0.2, -0.15) is 0 Å². The summed E-state index contributed by atoms with van der Waals surface area (Å²) in [4.78, 5) is 9.05. The van der Waals surface area contributed by atoms with Gasteiger partial charge >= 0.3 is 0 Å². The smallest absolute Gasteiger partial charge is 0.180 e. The molecule has 1 saturated carbocycles. The van der Waals surface area contributed by atoms with Crippen LogP contribution in [0.15, 0.2) is 18.6 Å². The van der Waals surface area contributed by atoms with Gasteiger partial charge in [-0.05, 0) is 23.7 Å². The molecule has 0 aliphatic heterocycles. The fraction of sp³-hybridized carbons (Fsp3) is 0.625. The highest BCUT2D eigenvalue weighted by atomic mass is 15.1. The molecule has 0 amide bonds. The Morgan fingerprint density at radius 3 is 2.52 bits per heavy atom. The van der Waals surface area contributed by atoms with E-state index in [2.05, 4.69) is 55.2 Å². The summed E-state index contributed by atoms with van der Waals surface area (Å²) in [5.74, 6) is 2.39. The molecule has 2 aromatic rings. The Balaban J connectivity index is 1.82. The van der Waals surface area contributed by atoms with Gasteiger partial charge in [-0.3, -0.25) is 0 Å². The molecule has 0 aromatic carbocycles. The molecule has 5 nitrogen and oxygen atoms in total. The van der Waals surface area contributed by atoms with Gasteiger partial charge in [-0.15, -0.1) is 0 Å². The van der Waals surface area contributed by atoms with Gasteiger partial charge in [0.25, 0.3) is 0 Å². The predicted molar refractivity (Wildman–Crippen MR) is 86.7 cm³/mol. The highest BCUT2D eigenvalue weighted by Gasteiger charge is 2.64. The largest absolute Gasteiger partial charge is 0.369 e. The molecular weight excluding hydrogens is 262 g/mol. The second-order valence-electron chi connectivity index (χ2n) is 7.04. The first kappa shape index (κ1) is 14.2. The van der Waals surface area contributed by atoms with E-state index in [-0.39, 0.29) is 0 Å². The maximum Gasteiger partial charge on any atom is 0.180 e. The van der Waals surface area contributed by atoms with Crippen molar-refractivity contribution in [2.45, 2.75) is 34.6 Å². The highest BCUT2D eigenvalue weighted by molar-refractivity contribution is 5.65. The van der Waals surface area contributed by atoms with Crippen molar-refractivity contribution in [1.29, 1.82) is 0 Å². The molecule has 0 atom stereocenters. The molecule has 5 heteroatoms. The lowest BCUT2D eigenvalue weighted by Crippen LogP contribution is -2.12. The van der Waals surface area contributed by atoms with Crippen molar-refractivity contribution in [3.8, 4) is 0 Å². The van der Waals surface area contributed by atoms with Gasteiger partial charge in [0.05, 0.1) is 6.20 Å². The SMILES string of the molecule is CCNc1cn2ccnc2c(NCC2C(C)(C)C2(C)C)n1. The topological polar surface area (TPSA) is 54.2 Å². The zero-order chi connectivity index (χ0) is 15.3. The van der Waals surface area contributed by atoms with Crippen molar-refractivity contribution in [2.75, 3.05) is 23.7 Å². The number of rotatable bonds is 5. The van der Waals surface area contributed by atoms with Crippen LogP contribution in [0.5, 0.6) is 0 Å². The van der Waals surface area contributed by atoms with E-state index in [0.29, 0.717) is 16.7 Å². The number of hydrogen-bond acceptors (Lipinski definition) is 4. The number of nitrogens with zero attached hydrogens (tertiary/aromatic N) is 3. The van der Waals surface area contributed by atoms with Crippen LogP contribution in [0, 0.1) is 16.7 Å². The van der Waals surface area contributed by atoms with Crippen molar-refractivity contribution in [3.63, 3.8) is 0 Å². The molecule has 114 valence electrons. The lowest BCUT2D eigenvalue weighted by atomic mass is 10.0. The standard InChI is InChI=1S/C16H25N5/c1-6-17-12-10-21-8-7-18-14(21)13(20-12)19-9-11-15(2,3)16(11,4)5/h7-8,10-11,17H,6,9H2,1-5H3,(H,19,20). The van der Waals surface area contributed by atoms with E-state index in [1.807, 2.05) is 23.0 Å². The van der Waals surface area contributed by atoms with Crippen LogP contribution in [-0.2, 0) is 0 Å². The molecule has 0 bridgehead atoms. The third kappa shape index (κ3) is 2.15. The fourth-order valence-electron chi connectivity index (χ4n) is 3.36. The molecule has 0 unspecified atom stereocenters.